The van der Waals surface area contributed by atoms with Gasteiger partial charge in [-0.15, -0.1) is 0 Å². The number of amides is 5. The van der Waals surface area contributed by atoms with Crippen molar-refractivity contribution in [2.75, 3.05) is 16.8 Å². The lowest BCUT2D eigenvalue weighted by Gasteiger charge is -2.26. The Kier molecular flexibility index (Phi) is 7.86. The van der Waals surface area contributed by atoms with Crippen LogP contribution in [-0.4, -0.2) is 35.3 Å². The van der Waals surface area contributed by atoms with Crippen molar-refractivity contribution < 1.29 is 28.8 Å². The smallest absolute Gasteiger partial charge is 0.335 e. The van der Waals surface area contributed by atoms with Crippen LogP contribution in [0.3, 0.4) is 0 Å². The number of nitrogens with zero attached hydrogens (tertiary/aromatic N) is 2. The summed E-state index contributed by atoms with van der Waals surface area (Å²) < 4.78 is 6.30. The molecule has 1 heterocycles. The van der Waals surface area contributed by atoms with Gasteiger partial charge in [-0.05, 0) is 61.4 Å². The van der Waals surface area contributed by atoms with E-state index in [1.165, 1.54) is 24.3 Å². The van der Waals surface area contributed by atoms with E-state index in [0.29, 0.717) is 15.1 Å². The SMILES string of the molecule is Cc1cccc(NC(=O)COc2ccc(Br)cc2/C=C2/C(=O)NC(=O)N(c3cccc([N+](=O)[O-])c3)C2=O)c1C. The number of rotatable bonds is 7. The van der Waals surface area contributed by atoms with Crippen LogP contribution < -0.4 is 20.3 Å². The normalized spacial score (nSPS) is 14.3. The number of nitro groups is 1. The van der Waals surface area contributed by atoms with Crippen LogP contribution >= 0.6 is 15.9 Å². The van der Waals surface area contributed by atoms with Crippen molar-refractivity contribution in [2.45, 2.75) is 13.8 Å². The first kappa shape index (κ1) is 27.2. The number of carbonyl (C=O) groups is 4. The first-order valence-electron chi connectivity index (χ1n) is 11.5. The molecule has 3 aromatic carbocycles. The van der Waals surface area contributed by atoms with Crippen molar-refractivity contribution in [2.24, 2.45) is 0 Å². The van der Waals surface area contributed by atoms with E-state index in [9.17, 15) is 29.3 Å². The van der Waals surface area contributed by atoms with Crippen molar-refractivity contribution in [1.29, 1.82) is 0 Å². The van der Waals surface area contributed by atoms with E-state index < -0.39 is 34.2 Å². The van der Waals surface area contributed by atoms with Gasteiger partial charge >= 0.3 is 6.03 Å². The molecule has 2 N–H and O–H groups in total. The minimum absolute atomic E-state index is 0.0843. The molecule has 11 nitrogen and oxygen atoms in total. The predicted molar refractivity (Wildman–Crippen MR) is 146 cm³/mol. The Labute approximate surface area is 230 Å². The van der Waals surface area contributed by atoms with Crippen molar-refractivity contribution in [3.63, 3.8) is 0 Å². The largest absolute Gasteiger partial charge is 0.483 e. The first-order valence-corrected chi connectivity index (χ1v) is 12.3. The van der Waals surface area contributed by atoms with Crippen LogP contribution in [0.5, 0.6) is 5.75 Å². The number of nitrogens with one attached hydrogen (secondary N) is 2. The fourth-order valence-electron chi connectivity index (χ4n) is 3.77. The molecule has 0 aliphatic carbocycles. The monoisotopic (exact) mass is 592 g/mol. The topological polar surface area (TPSA) is 148 Å². The van der Waals surface area contributed by atoms with Gasteiger partial charge in [0.05, 0.1) is 10.6 Å². The number of nitro benzene ring substituents is 1. The summed E-state index contributed by atoms with van der Waals surface area (Å²) in [5.74, 6) is -2.16. The quantitative estimate of drug-likeness (QED) is 0.175. The summed E-state index contributed by atoms with van der Waals surface area (Å²) in [7, 11) is 0. The highest BCUT2D eigenvalue weighted by Crippen LogP contribution is 2.29. The highest BCUT2D eigenvalue weighted by Gasteiger charge is 2.37. The zero-order chi connectivity index (χ0) is 28.3. The van der Waals surface area contributed by atoms with E-state index in [1.807, 2.05) is 26.0 Å². The maximum absolute atomic E-state index is 13.2. The zero-order valence-electron chi connectivity index (χ0n) is 20.7. The fraction of sp³-hybridized carbons (Fsp3) is 0.111. The summed E-state index contributed by atoms with van der Waals surface area (Å²) in [4.78, 5) is 62.0. The third kappa shape index (κ3) is 6.02. The number of non-ortho nitro benzene ring substituents is 1. The number of benzene rings is 3. The molecular formula is C27H21BrN4O7. The van der Waals surface area contributed by atoms with Gasteiger partial charge in [0.1, 0.15) is 11.3 Å². The van der Waals surface area contributed by atoms with Crippen LogP contribution in [0, 0.1) is 24.0 Å². The third-order valence-electron chi connectivity index (χ3n) is 5.91. The number of hydrogen-bond donors (Lipinski definition) is 2. The minimum atomic E-state index is -1.04. The summed E-state index contributed by atoms with van der Waals surface area (Å²) in [6.07, 6.45) is 1.22. The van der Waals surface area contributed by atoms with Gasteiger partial charge in [-0.2, -0.15) is 0 Å². The van der Waals surface area contributed by atoms with Crippen LogP contribution in [0.2, 0.25) is 0 Å². The summed E-state index contributed by atoms with van der Waals surface area (Å²) in [5, 5.41) is 16.0. The van der Waals surface area contributed by atoms with E-state index >= 15 is 0 Å². The standard InChI is InChI=1S/C27H21BrN4O7/c1-15-5-3-8-22(16(15)2)29-24(33)14-39-23-10-9-18(28)11-17(23)12-21-25(34)30-27(36)31(26(21)35)19-6-4-7-20(13-19)32(37)38/h3-13H,14H2,1-2H3,(H,29,33)(H,30,34,36)/b21-12-. The molecule has 198 valence electrons. The molecule has 1 fully saturated rings. The Balaban J connectivity index is 1.60. The second kappa shape index (κ2) is 11.3. The van der Waals surface area contributed by atoms with E-state index in [2.05, 4.69) is 26.6 Å². The molecular weight excluding hydrogens is 572 g/mol. The zero-order valence-corrected chi connectivity index (χ0v) is 22.3. The Morgan fingerprint density at radius 2 is 1.85 bits per heavy atom. The number of imide groups is 2. The molecule has 1 aliphatic rings. The maximum atomic E-state index is 13.2. The first-order chi connectivity index (χ1) is 18.5. The fourth-order valence-corrected chi connectivity index (χ4v) is 4.15. The second-order valence-corrected chi connectivity index (χ2v) is 9.42. The summed E-state index contributed by atoms with van der Waals surface area (Å²) in [6, 6.07) is 14.2. The molecule has 0 bridgehead atoms. The molecule has 12 heteroatoms. The molecule has 1 saturated heterocycles. The number of hydrogen-bond acceptors (Lipinski definition) is 7. The number of ether oxygens (including phenoxy) is 1. The molecule has 1 aliphatic heterocycles. The summed E-state index contributed by atoms with van der Waals surface area (Å²) >= 11 is 3.33. The van der Waals surface area contributed by atoms with Gasteiger partial charge in [-0.25, -0.2) is 9.69 Å². The molecule has 0 unspecified atom stereocenters. The Hall–Kier alpha value is -4.84. The molecule has 3 aromatic rings. The molecule has 0 radical (unpaired) electrons. The molecule has 0 saturated carbocycles. The molecule has 0 aromatic heterocycles. The average molecular weight is 593 g/mol. The lowest BCUT2D eigenvalue weighted by Crippen LogP contribution is -2.54. The highest BCUT2D eigenvalue weighted by atomic mass is 79.9. The van der Waals surface area contributed by atoms with Crippen LogP contribution in [0.4, 0.5) is 21.9 Å². The molecule has 0 spiro atoms. The summed E-state index contributed by atoms with van der Waals surface area (Å²) in [6.45, 7) is 3.46. The van der Waals surface area contributed by atoms with E-state index in [1.54, 1.807) is 24.3 Å². The van der Waals surface area contributed by atoms with Gasteiger partial charge in [0, 0.05) is 27.9 Å². The van der Waals surface area contributed by atoms with Gasteiger partial charge in [0.2, 0.25) is 0 Å². The molecule has 5 amide bonds. The molecule has 39 heavy (non-hydrogen) atoms. The lowest BCUT2D eigenvalue weighted by atomic mass is 10.1. The van der Waals surface area contributed by atoms with E-state index in [0.717, 1.165) is 17.2 Å². The number of aryl methyl sites for hydroxylation is 1. The Morgan fingerprint density at radius 1 is 1.10 bits per heavy atom. The predicted octanol–water partition coefficient (Wildman–Crippen LogP) is 4.66. The number of halogens is 1. The van der Waals surface area contributed by atoms with Crippen molar-refractivity contribution in [3.8, 4) is 5.75 Å². The van der Waals surface area contributed by atoms with Crippen molar-refractivity contribution >= 4 is 62.8 Å². The van der Waals surface area contributed by atoms with Gasteiger partial charge in [0.15, 0.2) is 6.61 Å². The van der Waals surface area contributed by atoms with Crippen molar-refractivity contribution in [3.05, 3.63) is 97.5 Å². The van der Waals surface area contributed by atoms with Crippen LogP contribution in [0.1, 0.15) is 16.7 Å². The Bertz CT molecular complexity index is 1570. The van der Waals surface area contributed by atoms with Gasteiger partial charge in [0.25, 0.3) is 23.4 Å². The minimum Gasteiger partial charge on any atom is -0.483 e. The van der Waals surface area contributed by atoms with Gasteiger partial charge in [-0.1, -0.05) is 34.1 Å². The Morgan fingerprint density at radius 3 is 2.59 bits per heavy atom. The number of carbonyl (C=O) groups excluding carboxylic acids is 4. The van der Waals surface area contributed by atoms with Crippen LogP contribution in [0.15, 0.2) is 70.7 Å². The summed E-state index contributed by atoms with van der Waals surface area (Å²) in [5.41, 5.74) is 2.03. The van der Waals surface area contributed by atoms with Crippen LogP contribution in [0.25, 0.3) is 6.08 Å². The van der Waals surface area contributed by atoms with Gasteiger partial charge in [-0.3, -0.25) is 29.8 Å². The van der Waals surface area contributed by atoms with E-state index in [4.69, 9.17) is 4.74 Å². The maximum Gasteiger partial charge on any atom is 0.335 e. The average Bonchev–Trinajstić information content (AvgIpc) is 2.88. The lowest BCUT2D eigenvalue weighted by molar-refractivity contribution is -0.384. The van der Waals surface area contributed by atoms with E-state index in [-0.39, 0.29) is 29.3 Å². The number of barbiturate groups is 1. The highest BCUT2D eigenvalue weighted by molar-refractivity contribution is 9.10. The molecule has 0 atom stereocenters. The van der Waals surface area contributed by atoms with Gasteiger partial charge < -0.3 is 10.1 Å². The molecule has 4 rings (SSSR count). The third-order valence-corrected chi connectivity index (χ3v) is 6.40. The van der Waals surface area contributed by atoms with Crippen LogP contribution in [-0.2, 0) is 14.4 Å². The van der Waals surface area contributed by atoms with Crippen molar-refractivity contribution in [1.82, 2.24) is 5.32 Å². The number of urea groups is 1. The number of anilines is 2. The second-order valence-electron chi connectivity index (χ2n) is 8.50.